The van der Waals surface area contributed by atoms with Crippen molar-refractivity contribution in [1.29, 1.82) is 0 Å². The molecule has 0 radical (unpaired) electrons. The van der Waals surface area contributed by atoms with E-state index in [2.05, 4.69) is 5.32 Å². The van der Waals surface area contributed by atoms with Crippen LogP contribution >= 0.6 is 11.6 Å². The van der Waals surface area contributed by atoms with Crippen molar-refractivity contribution in [3.63, 3.8) is 0 Å². The largest absolute Gasteiger partial charge is 0.396 e. The monoisotopic (exact) mass is 314 g/mol. The summed E-state index contributed by atoms with van der Waals surface area (Å²) >= 11 is 5.81. The lowest BCUT2D eigenvalue weighted by Gasteiger charge is -2.31. The maximum Gasteiger partial charge on any atom is 0.282 e. The lowest BCUT2D eigenvalue weighted by atomic mass is 9.84. The molecule has 0 bridgehead atoms. The number of hydrogen-bond donors (Lipinski definition) is 2. The van der Waals surface area contributed by atoms with Crippen molar-refractivity contribution in [2.24, 2.45) is 5.41 Å². The predicted molar refractivity (Wildman–Crippen MR) is 80.5 cm³/mol. The zero-order valence-corrected chi connectivity index (χ0v) is 13.0. The zero-order valence-electron chi connectivity index (χ0n) is 12.2. The highest BCUT2D eigenvalue weighted by molar-refractivity contribution is 6.31. The maximum absolute atomic E-state index is 12.3. The maximum atomic E-state index is 12.3. The van der Waals surface area contributed by atoms with Crippen molar-refractivity contribution in [3.8, 4) is 0 Å². The molecule has 6 nitrogen and oxygen atoms in total. The fourth-order valence-electron chi connectivity index (χ4n) is 1.94. The van der Waals surface area contributed by atoms with Crippen molar-refractivity contribution in [2.75, 3.05) is 6.61 Å². The predicted octanol–water partition coefficient (Wildman–Crippen LogP) is 2.78. The number of nitrogens with zero attached hydrogens (tertiary/aromatic N) is 1. The van der Waals surface area contributed by atoms with E-state index >= 15 is 0 Å². The van der Waals surface area contributed by atoms with E-state index in [4.69, 9.17) is 16.7 Å². The quantitative estimate of drug-likeness (QED) is 0.645. The van der Waals surface area contributed by atoms with Gasteiger partial charge in [-0.1, -0.05) is 32.4 Å². The second-order valence-corrected chi connectivity index (χ2v) is 6.26. The van der Waals surface area contributed by atoms with Crippen LogP contribution in [0.1, 0.15) is 37.6 Å². The van der Waals surface area contributed by atoms with Crippen LogP contribution in [-0.2, 0) is 0 Å². The van der Waals surface area contributed by atoms with Gasteiger partial charge in [0.1, 0.15) is 5.56 Å². The van der Waals surface area contributed by atoms with Crippen molar-refractivity contribution in [3.05, 3.63) is 38.9 Å². The minimum absolute atomic E-state index is 0.0835. The molecule has 0 aliphatic carbocycles. The number of aliphatic hydroxyl groups excluding tert-OH is 1. The van der Waals surface area contributed by atoms with Crippen LogP contribution < -0.4 is 5.32 Å². The van der Waals surface area contributed by atoms with E-state index in [-0.39, 0.29) is 34.3 Å². The third kappa shape index (κ3) is 4.68. The number of carbonyl (C=O) groups is 1. The standard InChI is InChI=1S/C14H19ClN2O4/c1-14(2,3)12(6-7-18)16-13(19)10-8-9(15)4-5-11(10)17(20)21/h4-5,8,12,18H,6-7H2,1-3H3,(H,16,19). The first-order valence-corrected chi connectivity index (χ1v) is 6.90. The van der Waals surface area contributed by atoms with Gasteiger partial charge in [0.25, 0.3) is 11.6 Å². The molecule has 1 atom stereocenters. The van der Waals surface area contributed by atoms with Gasteiger partial charge in [-0.25, -0.2) is 0 Å². The van der Waals surface area contributed by atoms with Gasteiger partial charge < -0.3 is 10.4 Å². The fourth-order valence-corrected chi connectivity index (χ4v) is 2.11. The lowest BCUT2D eigenvalue weighted by molar-refractivity contribution is -0.385. The van der Waals surface area contributed by atoms with Gasteiger partial charge in [0.2, 0.25) is 0 Å². The second-order valence-electron chi connectivity index (χ2n) is 5.82. The number of amides is 1. The molecule has 21 heavy (non-hydrogen) atoms. The number of hydrogen-bond acceptors (Lipinski definition) is 4. The van der Waals surface area contributed by atoms with Gasteiger partial charge in [0.15, 0.2) is 0 Å². The molecule has 0 spiro atoms. The zero-order chi connectivity index (χ0) is 16.2. The van der Waals surface area contributed by atoms with Crippen molar-refractivity contribution < 1.29 is 14.8 Å². The molecule has 1 aromatic carbocycles. The normalized spacial score (nSPS) is 12.8. The molecule has 0 fully saturated rings. The summed E-state index contributed by atoms with van der Waals surface area (Å²) in [6, 6.07) is 3.53. The Hall–Kier alpha value is -1.66. The molecule has 0 saturated heterocycles. The average Bonchev–Trinajstić information content (AvgIpc) is 2.36. The van der Waals surface area contributed by atoms with Crippen LogP contribution in [0.5, 0.6) is 0 Å². The van der Waals surface area contributed by atoms with E-state index in [0.717, 1.165) is 0 Å². The minimum atomic E-state index is -0.622. The van der Waals surface area contributed by atoms with E-state index in [1.54, 1.807) is 0 Å². The first-order chi connectivity index (χ1) is 9.66. The van der Waals surface area contributed by atoms with Gasteiger partial charge in [0, 0.05) is 23.7 Å². The molecule has 0 aliphatic heterocycles. The molecular formula is C14H19ClN2O4. The van der Waals surface area contributed by atoms with Crippen LogP contribution in [0.15, 0.2) is 18.2 Å². The number of nitro groups is 1. The fraction of sp³-hybridized carbons (Fsp3) is 0.500. The summed E-state index contributed by atoms with van der Waals surface area (Å²) < 4.78 is 0. The third-order valence-electron chi connectivity index (χ3n) is 3.17. The molecule has 1 amide bonds. The molecular weight excluding hydrogens is 296 g/mol. The number of benzene rings is 1. The molecule has 0 heterocycles. The Morgan fingerprint density at radius 2 is 2.10 bits per heavy atom. The number of carbonyl (C=O) groups excluding carboxylic acids is 1. The van der Waals surface area contributed by atoms with E-state index in [1.165, 1.54) is 18.2 Å². The average molecular weight is 315 g/mol. The highest BCUT2D eigenvalue weighted by Gasteiger charge is 2.28. The Morgan fingerprint density at radius 3 is 2.57 bits per heavy atom. The molecule has 7 heteroatoms. The van der Waals surface area contributed by atoms with Crippen LogP contribution in [-0.4, -0.2) is 28.6 Å². The smallest absolute Gasteiger partial charge is 0.282 e. The Bertz CT molecular complexity index is 540. The van der Waals surface area contributed by atoms with Crippen LogP contribution in [0.25, 0.3) is 0 Å². The number of rotatable bonds is 5. The van der Waals surface area contributed by atoms with Gasteiger partial charge in [-0.15, -0.1) is 0 Å². The summed E-state index contributed by atoms with van der Waals surface area (Å²) in [6.07, 6.45) is 0.365. The van der Waals surface area contributed by atoms with E-state index < -0.39 is 10.8 Å². The minimum Gasteiger partial charge on any atom is -0.396 e. The summed E-state index contributed by atoms with van der Waals surface area (Å²) in [4.78, 5) is 22.7. The van der Waals surface area contributed by atoms with Crippen molar-refractivity contribution in [1.82, 2.24) is 5.32 Å². The van der Waals surface area contributed by atoms with Gasteiger partial charge in [0.05, 0.1) is 4.92 Å². The van der Waals surface area contributed by atoms with Crippen LogP contribution in [0.3, 0.4) is 0 Å². The van der Waals surface area contributed by atoms with E-state index in [9.17, 15) is 14.9 Å². The number of nitro benzene ring substituents is 1. The van der Waals surface area contributed by atoms with E-state index in [0.29, 0.717) is 6.42 Å². The van der Waals surface area contributed by atoms with Crippen LogP contribution in [0, 0.1) is 15.5 Å². The first kappa shape index (κ1) is 17.4. The lowest BCUT2D eigenvalue weighted by Crippen LogP contribution is -2.44. The first-order valence-electron chi connectivity index (χ1n) is 6.52. The molecule has 0 saturated carbocycles. The van der Waals surface area contributed by atoms with Gasteiger partial charge in [-0.3, -0.25) is 14.9 Å². The van der Waals surface area contributed by atoms with Gasteiger partial charge in [-0.05, 0) is 24.0 Å². The molecule has 2 N–H and O–H groups in total. The topological polar surface area (TPSA) is 92.5 Å². The van der Waals surface area contributed by atoms with Crippen molar-refractivity contribution in [2.45, 2.75) is 33.2 Å². The number of nitrogens with one attached hydrogen (secondary N) is 1. The molecule has 0 aliphatic rings. The summed E-state index contributed by atoms with van der Waals surface area (Å²) in [7, 11) is 0. The summed E-state index contributed by atoms with van der Waals surface area (Å²) in [5, 5.41) is 23.1. The Balaban J connectivity index is 3.08. The van der Waals surface area contributed by atoms with Crippen LogP contribution in [0.2, 0.25) is 5.02 Å². The summed E-state index contributed by atoms with van der Waals surface area (Å²) in [5.41, 5.74) is -0.667. The number of aliphatic hydroxyl groups is 1. The molecule has 1 unspecified atom stereocenters. The van der Waals surface area contributed by atoms with Crippen LogP contribution in [0.4, 0.5) is 5.69 Å². The van der Waals surface area contributed by atoms with Gasteiger partial charge >= 0.3 is 0 Å². The van der Waals surface area contributed by atoms with Gasteiger partial charge in [-0.2, -0.15) is 0 Å². The molecule has 0 aromatic heterocycles. The second kappa shape index (κ2) is 6.87. The highest BCUT2D eigenvalue weighted by Crippen LogP contribution is 2.25. The Labute approximate surface area is 128 Å². The summed E-state index contributed by atoms with van der Waals surface area (Å²) in [6.45, 7) is 5.67. The highest BCUT2D eigenvalue weighted by atomic mass is 35.5. The molecule has 1 aromatic rings. The Morgan fingerprint density at radius 1 is 1.48 bits per heavy atom. The Kier molecular flexibility index (Phi) is 5.69. The third-order valence-corrected chi connectivity index (χ3v) is 3.40. The van der Waals surface area contributed by atoms with Crippen molar-refractivity contribution >= 4 is 23.2 Å². The molecule has 1 rings (SSSR count). The summed E-state index contributed by atoms with van der Waals surface area (Å²) in [5.74, 6) is -0.572. The van der Waals surface area contributed by atoms with E-state index in [1.807, 2.05) is 20.8 Å². The number of halogens is 1. The SMILES string of the molecule is CC(C)(C)C(CCO)NC(=O)c1cc(Cl)ccc1[N+](=O)[O-]. The molecule has 116 valence electrons.